The zero-order valence-electron chi connectivity index (χ0n) is 11.2. The maximum atomic E-state index is 6.18. The minimum absolute atomic E-state index is 0.442. The molecule has 1 rings (SSSR count). The van der Waals surface area contributed by atoms with Gasteiger partial charge >= 0.3 is 0 Å². The third-order valence-electron chi connectivity index (χ3n) is 2.55. The zero-order chi connectivity index (χ0) is 13.4. The molecular formula is C15H22ClNO. The van der Waals surface area contributed by atoms with Gasteiger partial charge in [-0.15, -0.1) is 6.58 Å². The molecule has 0 atom stereocenters. The molecule has 2 nitrogen and oxygen atoms in total. The lowest BCUT2D eigenvalue weighted by atomic mass is 10.2. The van der Waals surface area contributed by atoms with E-state index in [-0.39, 0.29) is 0 Å². The molecule has 3 heteroatoms. The molecule has 0 bridgehead atoms. The lowest BCUT2D eigenvalue weighted by Crippen LogP contribution is -2.22. The number of halogens is 1. The summed E-state index contributed by atoms with van der Waals surface area (Å²) in [6.07, 6.45) is 3.83. The normalized spacial score (nSPS) is 10.7. The third kappa shape index (κ3) is 5.11. The van der Waals surface area contributed by atoms with Crippen molar-refractivity contribution in [3.63, 3.8) is 0 Å². The Morgan fingerprint density at radius 2 is 2.22 bits per heavy atom. The van der Waals surface area contributed by atoms with Gasteiger partial charge in [0, 0.05) is 18.2 Å². The van der Waals surface area contributed by atoms with Crippen LogP contribution in [0.5, 0.6) is 5.75 Å². The van der Waals surface area contributed by atoms with E-state index in [0.29, 0.717) is 17.7 Å². The molecule has 100 valence electrons. The van der Waals surface area contributed by atoms with E-state index in [9.17, 15) is 0 Å². The van der Waals surface area contributed by atoms with Crippen LogP contribution in [0.15, 0.2) is 30.9 Å². The van der Waals surface area contributed by atoms with Gasteiger partial charge < -0.3 is 10.1 Å². The first kappa shape index (κ1) is 15.1. The Morgan fingerprint density at radius 1 is 1.44 bits per heavy atom. The molecule has 1 aromatic carbocycles. The highest BCUT2D eigenvalue weighted by molar-refractivity contribution is 6.32. The Hall–Kier alpha value is -0.990. The van der Waals surface area contributed by atoms with Gasteiger partial charge in [-0.2, -0.15) is 0 Å². The second-order valence-corrected chi connectivity index (χ2v) is 4.95. The highest BCUT2D eigenvalue weighted by Crippen LogP contribution is 2.28. The standard InChI is InChI=1S/C15H22ClNO/c1-4-5-6-10-18-15-13(11-17-12(2)3)8-7-9-14(15)16/h4,7-9,12,17H,1,5-6,10-11H2,2-3H3. The van der Waals surface area contributed by atoms with Crippen LogP contribution in [0.3, 0.4) is 0 Å². The molecule has 0 radical (unpaired) electrons. The molecule has 1 N–H and O–H groups in total. The van der Waals surface area contributed by atoms with Crippen LogP contribution < -0.4 is 10.1 Å². The van der Waals surface area contributed by atoms with E-state index in [1.165, 1.54) is 0 Å². The summed E-state index contributed by atoms with van der Waals surface area (Å²) in [5, 5.41) is 4.05. The van der Waals surface area contributed by atoms with Crippen LogP contribution in [0.2, 0.25) is 5.02 Å². The van der Waals surface area contributed by atoms with Crippen molar-refractivity contribution in [2.75, 3.05) is 6.61 Å². The van der Waals surface area contributed by atoms with E-state index >= 15 is 0 Å². The minimum Gasteiger partial charge on any atom is -0.492 e. The molecule has 0 heterocycles. The van der Waals surface area contributed by atoms with Crippen LogP contribution in [0.25, 0.3) is 0 Å². The van der Waals surface area contributed by atoms with Gasteiger partial charge in [-0.3, -0.25) is 0 Å². The zero-order valence-corrected chi connectivity index (χ0v) is 12.0. The molecule has 18 heavy (non-hydrogen) atoms. The van der Waals surface area contributed by atoms with Crippen molar-refractivity contribution in [2.24, 2.45) is 0 Å². The number of rotatable bonds is 8. The molecular weight excluding hydrogens is 246 g/mol. The Balaban J connectivity index is 2.64. The first-order valence-corrected chi connectivity index (χ1v) is 6.77. The fourth-order valence-corrected chi connectivity index (χ4v) is 1.82. The first-order valence-electron chi connectivity index (χ1n) is 6.39. The quantitative estimate of drug-likeness (QED) is 0.563. The smallest absolute Gasteiger partial charge is 0.142 e. The SMILES string of the molecule is C=CCCCOc1c(Cl)cccc1CNC(C)C. The number of benzene rings is 1. The van der Waals surface area contributed by atoms with Gasteiger partial charge in [0.25, 0.3) is 0 Å². The fourth-order valence-electron chi connectivity index (χ4n) is 1.57. The van der Waals surface area contributed by atoms with Crippen molar-refractivity contribution < 1.29 is 4.74 Å². The van der Waals surface area contributed by atoms with E-state index < -0.39 is 0 Å². The van der Waals surface area contributed by atoms with Crippen LogP contribution in [0.4, 0.5) is 0 Å². The number of hydrogen-bond donors (Lipinski definition) is 1. The average molecular weight is 268 g/mol. The number of hydrogen-bond acceptors (Lipinski definition) is 2. The molecule has 0 saturated carbocycles. The van der Waals surface area contributed by atoms with Crippen molar-refractivity contribution in [2.45, 2.75) is 39.3 Å². The molecule has 0 aliphatic carbocycles. The van der Waals surface area contributed by atoms with Gasteiger partial charge in [0.05, 0.1) is 11.6 Å². The summed E-state index contributed by atoms with van der Waals surface area (Å²) in [7, 11) is 0. The molecule has 0 unspecified atom stereocenters. The second-order valence-electron chi connectivity index (χ2n) is 4.54. The Bertz CT molecular complexity index is 377. The van der Waals surface area contributed by atoms with E-state index in [0.717, 1.165) is 30.7 Å². The van der Waals surface area contributed by atoms with Crippen molar-refractivity contribution in [3.05, 3.63) is 41.4 Å². The Labute approximate surface area is 115 Å². The van der Waals surface area contributed by atoms with Crippen molar-refractivity contribution >= 4 is 11.6 Å². The maximum absolute atomic E-state index is 6.18. The molecule has 0 saturated heterocycles. The van der Waals surface area contributed by atoms with E-state index in [4.69, 9.17) is 16.3 Å². The number of unbranched alkanes of at least 4 members (excludes halogenated alkanes) is 1. The van der Waals surface area contributed by atoms with Gasteiger partial charge in [0.15, 0.2) is 0 Å². The molecule has 0 aliphatic rings. The monoisotopic (exact) mass is 267 g/mol. The number of para-hydroxylation sites is 1. The Kier molecular flexibility index (Phi) is 6.84. The van der Waals surface area contributed by atoms with Gasteiger partial charge in [-0.25, -0.2) is 0 Å². The summed E-state index contributed by atoms with van der Waals surface area (Å²) in [6.45, 7) is 9.38. The van der Waals surface area contributed by atoms with Crippen LogP contribution in [0, 0.1) is 0 Å². The summed E-state index contributed by atoms with van der Waals surface area (Å²) >= 11 is 6.18. The summed E-state index contributed by atoms with van der Waals surface area (Å²) in [5.74, 6) is 0.802. The van der Waals surface area contributed by atoms with Gasteiger partial charge in [0.1, 0.15) is 5.75 Å². The maximum Gasteiger partial charge on any atom is 0.142 e. The van der Waals surface area contributed by atoms with Gasteiger partial charge in [0.2, 0.25) is 0 Å². The summed E-state index contributed by atoms with van der Waals surface area (Å²) in [6, 6.07) is 6.31. The van der Waals surface area contributed by atoms with Crippen molar-refractivity contribution in [3.8, 4) is 5.75 Å². The topological polar surface area (TPSA) is 21.3 Å². The molecule has 1 aromatic rings. The fraction of sp³-hybridized carbons (Fsp3) is 0.467. The van der Waals surface area contributed by atoms with Crippen molar-refractivity contribution in [1.82, 2.24) is 5.32 Å². The summed E-state index contributed by atoms with van der Waals surface area (Å²) < 4.78 is 5.78. The molecule has 0 aliphatic heterocycles. The summed E-state index contributed by atoms with van der Waals surface area (Å²) in [5.41, 5.74) is 1.11. The predicted octanol–water partition coefficient (Wildman–Crippen LogP) is 4.18. The van der Waals surface area contributed by atoms with Crippen LogP contribution in [0.1, 0.15) is 32.3 Å². The molecule has 0 amide bonds. The lowest BCUT2D eigenvalue weighted by Gasteiger charge is -2.14. The van der Waals surface area contributed by atoms with Gasteiger partial charge in [-0.1, -0.05) is 43.7 Å². The minimum atomic E-state index is 0.442. The van der Waals surface area contributed by atoms with Crippen molar-refractivity contribution in [1.29, 1.82) is 0 Å². The largest absolute Gasteiger partial charge is 0.492 e. The van der Waals surface area contributed by atoms with E-state index in [2.05, 4.69) is 25.7 Å². The number of ether oxygens (including phenoxy) is 1. The highest BCUT2D eigenvalue weighted by atomic mass is 35.5. The third-order valence-corrected chi connectivity index (χ3v) is 2.85. The molecule has 0 aromatic heterocycles. The highest BCUT2D eigenvalue weighted by Gasteiger charge is 2.08. The average Bonchev–Trinajstić information content (AvgIpc) is 2.34. The number of allylic oxidation sites excluding steroid dienone is 1. The molecule has 0 fully saturated rings. The lowest BCUT2D eigenvalue weighted by molar-refractivity contribution is 0.308. The van der Waals surface area contributed by atoms with E-state index in [1.807, 2.05) is 24.3 Å². The Morgan fingerprint density at radius 3 is 2.89 bits per heavy atom. The number of nitrogens with one attached hydrogen (secondary N) is 1. The van der Waals surface area contributed by atoms with Crippen LogP contribution in [-0.4, -0.2) is 12.6 Å². The molecule has 0 spiro atoms. The first-order chi connectivity index (χ1) is 8.65. The predicted molar refractivity (Wildman–Crippen MR) is 78.4 cm³/mol. The van der Waals surface area contributed by atoms with Crippen LogP contribution in [-0.2, 0) is 6.54 Å². The van der Waals surface area contributed by atoms with Crippen LogP contribution >= 0.6 is 11.6 Å². The van der Waals surface area contributed by atoms with E-state index in [1.54, 1.807) is 0 Å². The van der Waals surface area contributed by atoms with Gasteiger partial charge in [-0.05, 0) is 18.9 Å². The summed E-state index contributed by atoms with van der Waals surface area (Å²) in [4.78, 5) is 0. The second kappa shape index (κ2) is 8.17.